The van der Waals surface area contributed by atoms with Crippen LogP contribution in [-0.4, -0.2) is 49.3 Å². The summed E-state index contributed by atoms with van der Waals surface area (Å²) in [5.74, 6) is -1.33. The van der Waals surface area contributed by atoms with Gasteiger partial charge in [0.15, 0.2) is 0 Å². The number of hydrogen-bond acceptors (Lipinski definition) is 7. The highest BCUT2D eigenvalue weighted by Gasteiger charge is 2.45. The van der Waals surface area contributed by atoms with E-state index in [0.29, 0.717) is 36.4 Å². The molecule has 1 aliphatic heterocycles. The third-order valence-electron chi connectivity index (χ3n) is 5.83. The Morgan fingerprint density at radius 3 is 2.47 bits per heavy atom. The van der Waals surface area contributed by atoms with Crippen molar-refractivity contribution >= 4 is 23.1 Å². The average Bonchev–Trinajstić information content (AvgIpc) is 3.50. The Kier molecular flexibility index (Phi) is 7.24. The number of imidazole rings is 1. The summed E-state index contributed by atoms with van der Waals surface area (Å²) in [6.07, 6.45) is 7.24. The molecule has 0 saturated carbocycles. The second-order valence-corrected chi connectivity index (χ2v) is 8.12. The molecule has 3 aromatic rings. The first-order valence-corrected chi connectivity index (χ1v) is 11.2. The molecule has 2 heterocycles. The number of benzene rings is 2. The summed E-state index contributed by atoms with van der Waals surface area (Å²) in [7, 11) is 0. The van der Waals surface area contributed by atoms with Gasteiger partial charge in [0.1, 0.15) is 18.1 Å². The van der Waals surface area contributed by atoms with E-state index in [4.69, 9.17) is 4.74 Å². The predicted octanol–water partition coefficient (Wildman–Crippen LogP) is 3.87. The zero-order valence-corrected chi connectivity index (χ0v) is 19.3. The topological polar surface area (TPSA) is 128 Å². The van der Waals surface area contributed by atoms with Crippen LogP contribution in [0.3, 0.4) is 0 Å². The SMILES string of the molecule is C=CCOc1ccc(C(O)=C2C(=O)C(=O)N(CCCn3ccnc3)[C@H]2c2ccc([N+](=O)[O-])cc2)cc1. The van der Waals surface area contributed by atoms with E-state index < -0.39 is 22.7 Å². The summed E-state index contributed by atoms with van der Waals surface area (Å²) < 4.78 is 7.31. The Morgan fingerprint density at radius 2 is 1.86 bits per heavy atom. The first-order valence-electron chi connectivity index (χ1n) is 11.2. The zero-order chi connectivity index (χ0) is 25.7. The Bertz CT molecular complexity index is 1300. The number of hydrogen-bond donors (Lipinski definition) is 1. The van der Waals surface area contributed by atoms with Crippen molar-refractivity contribution < 1.29 is 24.4 Å². The molecule has 1 saturated heterocycles. The molecular formula is C26H24N4O6. The number of nitro groups is 1. The van der Waals surface area contributed by atoms with Crippen LogP contribution >= 0.6 is 0 Å². The summed E-state index contributed by atoms with van der Waals surface area (Å²) >= 11 is 0. The van der Waals surface area contributed by atoms with Crippen molar-refractivity contribution in [1.82, 2.24) is 14.5 Å². The number of aliphatic hydroxyl groups is 1. The Hall–Kier alpha value is -4.73. The predicted molar refractivity (Wildman–Crippen MR) is 131 cm³/mol. The maximum atomic E-state index is 13.1. The Labute approximate surface area is 206 Å². The Morgan fingerprint density at radius 1 is 1.14 bits per heavy atom. The lowest BCUT2D eigenvalue weighted by Gasteiger charge is -2.25. The van der Waals surface area contributed by atoms with Gasteiger partial charge in [-0.15, -0.1) is 0 Å². The monoisotopic (exact) mass is 488 g/mol. The van der Waals surface area contributed by atoms with Gasteiger partial charge in [-0.2, -0.15) is 0 Å². The molecule has 4 rings (SSSR count). The molecule has 10 nitrogen and oxygen atoms in total. The summed E-state index contributed by atoms with van der Waals surface area (Å²) in [6, 6.07) is 11.2. The first-order chi connectivity index (χ1) is 17.4. The molecule has 10 heteroatoms. The molecule has 1 fully saturated rings. The fraction of sp³-hybridized carbons (Fsp3) is 0.192. The normalized spacial score (nSPS) is 16.8. The molecule has 1 amide bonds. The van der Waals surface area contributed by atoms with Crippen molar-refractivity contribution in [2.75, 3.05) is 13.2 Å². The highest BCUT2D eigenvalue weighted by Crippen LogP contribution is 2.40. The fourth-order valence-electron chi connectivity index (χ4n) is 4.10. The molecule has 184 valence electrons. The molecule has 0 aliphatic carbocycles. The van der Waals surface area contributed by atoms with E-state index in [-0.39, 0.29) is 23.6 Å². The first kappa shape index (κ1) is 24.4. The molecule has 0 unspecified atom stereocenters. The van der Waals surface area contributed by atoms with Crippen LogP contribution in [0.2, 0.25) is 0 Å². The molecule has 1 aromatic heterocycles. The number of amides is 1. The molecule has 36 heavy (non-hydrogen) atoms. The Balaban J connectivity index is 1.70. The minimum atomic E-state index is -0.898. The van der Waals surface area contributed by atoms with E-state index in [9.17, 15) is 24.8 Å². The number of likely N-dealkylation sites (tertiary alicyclic amines) is 1. The number of nitrogens with zero attached hydrogens (tertiary/aromatic N) is 4. The average molecular weight is 489 g/mol. The number of rotatable bonds is 10. The second-order valence-electron chi connectivity index (χ2n) is 8.12. The number of carbonyl (C=O) groups is 2. The van der Waals surface area contributed by atoms with E-state index in [1.807, 2.05) is 4.57 Å². The van der Waals surface area contributed by atoms with Crippen molar-refractivity contribution in [2.24, 2.45) is 0 Å². The number of aromatic nitrogens is 2. The van der Waals surface area contributed by atoms with Gasteiger partial charge in [-0.1, -0.05) is 12.7 Å². The van der Waals surface area contributed by atoms with E-state index in [1.54, 1.807) is 49.1 Å². The molecule has 0 radical (unpaired) electrons. The maximum Gasteiger partial charge on any atom is 0.295 e. The standard InChI is InChI=1S/C26H24N4O6/c1-2-16-36-21-10-6-19(7-11-21)24(31)22-23(18-4-8-20(9-5-18)30(34)35)29(26(33)25(22)32)14-3-13-28-15-12-27-17-28/h2,4-12,15,17,23,31H,1,3,13-14,16H2/t23-/m0/s1. The van der Waals surface area contributed by atoms with E-state index in [2.05, 4.69) is 11.6 Å². The molecule has 0 spiro atoms. The number of carbonyl (C=O) groups excluding carboxylic acids is 2. The van der Waals surface area contributed by atoms with Gasteiger partial charge in [0.2, 0.25) is 0 Å². The van der Waals surface area contributed by atoms with Gasteiger partial charge in [-0.3, -0.25) is 19.7 Å². The fourth-order valence-corrected chi connectivity index (χ4v) is 4.10. The van der Waals surface area contributed by atoms with Gasteiger partial charge in [0, 0.05) is 43.2 Å². The number of ether oxygens (including phenoxy) is 1. The van der Waals surface area contributed by atoms with Crippen LogP contribution in [0.25, 0.3) is 5.76 Å². The zero-order valence-electron chi connectivity index (χ0n) is 19.3. The molecule has 1 N–H and O–H groups in total. The van der Waals surface area contributed by atoms with Crippen molar-refractivity contribution in [3.05, 3.63) is 107 Å². The largest absolute Gasteiger partial charge is 0.507 e. The maximum absolute atomic E-state index is 13.1. The van der Waals surface area contributed by atoms with Gasteiger partial charge < -0.3 is 19.3 Å². The summed E-state index contributed by atoms with van der Waals surface area (Å²) in [5, 5.41) is 22.3. The van der Waals surface area contributed by atoms with Crippen molar-refractivity contribution in [3.63, 3.8) is 0 Å². The van der Waals surface area contributed by atoms with Crippen molar-refractivity contribution in [1.29, 1.82) is 0 Å². The van der Waals surface area contributed by atoms with Gasteiger partial charge in [-0.25, -0.2) is 4.98 Å². The summed E-state index contributed by atoms with van der Waals surface area (Å²) in [4.78, 5) is 42.2. The second kappa shape index (κ2) is 10.7. The van der Waals surface area contributed by atoms with Crippen LogP contribution in [0.4, 0.5) is 5.69 Å². The molecular weight excluding hydrogens is 464 g/mol. The third kappa shape index (κ3) is 5.02. The van der Waals surface area contributed by atoms with Crippen LogP contribution in [-0.2, 0) is 16.1 Å². The number of non-ortho nitro benzene ring substituents is 1. The minimum absolute atomic E-state index is 0.0729. The molecule has 2 aromatic carbocycles. The van der Waals surface area contributed by atoms with E-state index >= 15 is 0 Å². The van der Waals surface area contributed by atoms with Gasteiger partial charge in [-0.05, 0) is 48.4 Å². The highest BCUT2D eigenvalue weighted by molar-refractivity contribution is 6.46. The van der Waals surface area contributed by atoms with Crippen LogP contribution in [0.5, 0.6) is 5.75 Å². The van der Waals surface area contributed by atoms with Crippen LogP contribution in [0.1, 0.15) is 23.6 Å². The summed E-state index contributed by atoms with van der Waals surface area (Å²) in [5.41, 5.74) is 0.626. The quantitative estimate of drug-likeness (QED) is 0.115. The van der Waals surface area contributed by atoms with Crippen LogP contribution in [0, 0.1) is 10.1 Å². The van der Waals surface area contributed by atoms with Crippen LogP contribution in [0.15, 0.2) is 85.5 Å². The van der Waals surface area contributed by atoms with Crippen molar-refractivity contribution in [3.8, 4) is 5.75 Å². The lowest BCUT2D eigenvalue weighted by atomic mass is 9.95. The van der Waals surface area contributed by atoms with E-state index in [0.717, 1.165) is 0 Å². The van der Waals surface area contributed by atoms with Crippen LogP contribution < -0.4 is 4.74 Å². The van der Waals surface area contributed by atoms with Gasteiger partial charge >= 0.3 is 0 Å². The lowest BCUT2D eigenvalue weighted by Crippen LogP contribution is -2.31. The number of nitro benzene ring substituents is 1. The number of ketones is 1. The van der Waals surface area contributed by atoms with Gasteiger partial charge in [0.25, 0.3) is 17.4 Å². The molecule has 0 bridgehead atoms. The number of aryl methyl sites for hydroxylation is 1. The number of Topliss-reactive ketones (excluding diaryl/α,β-unsaturated/α-hetero) is 1. The molecule has 1 aliphatic rings. The smallest absolute Gasteiger partial charge is 0.295 e. The summed E-state index contributed by atoms with van der Waals surface area (Å²) in [6.45, 7) is 4.71. The number of aliphatic hydroxyl groups excluding tert-OH is 1. The minimum Gasteiger partial charge on any atom is -0.507 e. The molecule has 1 atom stereocenters. The van der Waals surface area contributed by atoms with Gasteiger partial charge in [0.05, 0.1) is 22.9 Å². The highest BCUT2D eigenvalue weighted by atomic mass is 16.6. The third-order valence-corrected chi connectivity index (χ3v) is 5.83. The van der Waals surface area contributed by atoms with E-state index in [1.165, 1.54) is 29.2 Å². The van der Waals surface area contributed by atoms with Crippen molar-refractivity contribution in [2.45, 2.75) is 19.0 Å². The lowest BCUT2D eigenvalue weighted by molar-refractivity contribution is -0.384.